The second kappa shape index (κ2) is 6.45. The molecule has 6 nitrogen and oxygen atoms in total. The molecule has 0 bridgehead atoms. The summed E-state index contributed by atoms with van der Waals surface area (Å²) in [7, 11) is 0. The van der Waals surface area contributed by atoms with Crippen LogP contribution in [0.5, 0.6) is 0 Å². The van der Waals surface area contributed by atoms with Gasteiger partial charge in [0.2, 0.25) is 0 Å². The molecule has 1 aromatic rings. The molecule has 0 radical (unpaired) electrons. The zero-order valence-corrected chi connectivity index (χ0v) is 12.7. The smallest absolute Gasteiger partial charge is 0.170 e. The van der Waals surface area contributed by atoms with E-state index in [0.717, 1.165) is 12.4 Å². The summed E-state index contributed by atoms with van der Waals surface area (Å²) in [6.07, 6.45) is 1.45. The first-order valence-corrected chi connectivity index (χ1v) is 7.25. The van der Waals surface area contributed by atoms with Crippen LogP contribution in [0.4, 0.5) is 0 Å². The molecule has 0 aromatic carbocycles. The summed E-state index contributed by atoms with van der Waals surface area (Å²) in [5.41, 5.74) is 0. The second-order valence-electron chi connectivity index (χ2n) is 5.81. The van der Waals surface area contributed by atoms with E-state index in [-0.39, 0.29) is 24.3 Å². The summed E-state index contributed by atoms with van der Waals surface area (Å²) in [6, 6.07) is 0.647. The third kappa shape index (κ3) is 3.43. The number of hydrogen-bond donors (Lipinski definition) is 0. The summed E-state index contributed by atoms with van der Waals surface area (Å²) < 4.78 is 7.41. The predicted molar refractivity (Wildman–Crippen MR) is 75.6 cm³/mol. The van der Waals surface area contributed by atoms with Gasteiger partial charge in [0.05, 0.1) is 13.0 Å². The van der Waals surface area contributed by atoms with Gasteiger partial charge in [-0.05, 0) is 27.7 Å². The van der Waals surface area contributed by atoms with Crippen molar-refractivity contribution in [2.45, 2.75) is 52.3 Å². The maximum absolute atomic E-state index is 12.4. The molecule has 1 unspecified atom stereocenters. The quantitative estimate of drug-likeness (QED) is 0.807. The monoisotopic (exact) mass is 280 g/mol. The molecule has 0 saturated carbocycles. The van der Waals surface area contributed by atoms with E-state index in [4.69, 9.17) is 4.74 Å². The fourth-order valence-corrected chi connectivity index (χ4v) is 2.43. The number of nitrogens with zero attached hydrogens (tertiary/aromatic N) is 4. The second-order valence-corrected chi connectivity index (χ2v) is 5.81. The SMILES string of the molecule is CC(C)N1CCOC(C(=O)Cc2ncnn2C(C)C)C1. The molecule has 1 atom stereocenters. The Balaban J connectivity index is 1.99. The molecule has 1 aliphatic rings. The van der Waals surface area contributed by atoms with Crippen LogP contribution in [0, 0.1) is 0 Å². The van der Waals surface area contributed by atoms with Crippen molar-refractivity contribution in [3.63, 3.8) is 0 Å². The topological polar surface area (TPSA) is 60.2 Å². The van der Waals surface area contributed by atoms with Crippen LogP contribution in [0.15, 0.2) is 6.33 Å². The molecule has 1 aliphatic heterocycles. The molecular formula is C14H24N4O2. The average Bonchev–Trinajstić information content (AvgIpc) is 2.87. The summed E-state index contributed by atoms with van der Waals surface area (Å²) >= 11 is 0. The third-order valence-corrected chi connectivity index (χ3v) is 3.66. The highest BCUT2D eigenvalue weighted by Gasteiger charge is 2.28. The largest absolute Gasteiger partial charge is 0.368 e. The van der Waals surface area contributed by atoms with Crippen LogP contribution in [0.3, 0.4) is 0 Å². The van der Waals surface area contributed by atoms with Crippen LogP contribution in [0.2, 0.25) is 0 Å². The fraction of sp³-hybridized carbons (Fsp3) is 0.786. The number of rotatable bonds is 5. The lowest BCUT2D eigenvalue weighted by Gasteiger charge is -2.34. The Bertz CT molecular complexity index is 456. The Morgan fingerprint density at radius 3 is 2.80 bits per heavy atom. The highest BCUT2D eigenvalue weighted by molar-refractivity contribution is 5.85. The molecule has 0 N–H and O–H groups in total. The van der Waals surface area contributed by atoms with Crippen molar-refractivity contribution in [1.82, 2.24) is 19.7 Å². The molecule has 1 aromatic heterocycles. The van der Waals surface area contributed by atoms with E-state index < -0.39 is 0 Å². The predicted octanol–water partition coefficient (Wildman–Crippen LogP) is 1.08. The maximum Gasteiger partial charge on any atom is 0.170 e. The van der Waals surface area contributed by atoms with Gasteiger partial charge in [0.15, 0.2) is 5.78 Å². The average molecular weight is 280 g/mol. The lowest BCUT2D eigenvalue weighted by Crippen LogP contribution is -2.49. The molecule has 1 saturated heterocycles. The zero-order valence-electron chi connectivity index (χ0n) is 12.7. The van der Waals surface area contributed by atoms with Crippen LogP contribution >= 0.6 is 0 Å². The Morgan fingerprint density at radius 1 is 1.40 bits per heavy atom. The number of hydrogen-bond acceptors (Lipinski definition) is 5. The third-order valence-electron chi connectivity index (χ3n) is 3.66. The molecule has 0 amide bonds. The van der Waals surface area contributed by atoms with E-state index in [1.54, 1.807) is 4.68 Å². The van der Waals surface area contributed by atoms with Gasteiger partial charge in [0.1, 0.15) is 18.3 Å². The highest BCUT2D eigenvalue weighted by Crippen LogP contribution is 2.13. The standard InChI is InChI=1S/C14H24N4O2/c1-10(2)17-5-6-20-13(8-17)12(19)7-14-15-9-16-18(14)11(3)4/h9-11,13H,5-8H2,1-4H3. The molecule has 112 valence electrons. The van der Waals surface area contributed by atoms with Gasteiger partial charge in [-0.1, -0.05) is 0 Å². The summed E-state index contributed by atoms with van der Waals surface area (Å²) in [4.78, 5) is 18.8. The van der Waals surface area contributed by atoms with Crippen molar-refractivity contribution in [2.24, 2.45) is 0 Å². The Hall–Kier alpha value is -1.27. The number of carbonyl (C=O) groups is 1. The van der Waals surface area contributed by atoms with E-state index in [0.29, 0.717) is 19.2 Å². The Kier molecular flexibility index (Phi) is 4.88. The van der Waals surface area contributed by atoms with Gasteiger partial charge >= 0.3 is 0 Å². The minimum absolute atomic E-state index is 0.0882. The molecule has 1 fully saturated rings. The number of ketones is 1. The number of aromatic nitrogens is 3. The normalized spacial score (nSPS) is 20.8. The minimum atomic E-state index is -0.344. The van der Waals surface area contributed by atoms with Gasteiger partial charge in [0, 0.05) is 25.2 Å². The van der Waals surface area contributed by atoms with E-state index in [9.17, 15) is 4.79 Å². The van der Waals surface area contributed by atoms with Crippen molar-refractivity contribution in [1.29, 1.82) is 0 Å². The van der Waals surface area contributed by atoms with Crippen molar-refractivity contribution in [3.05, 3.63) is 12.2 Å². The van der Waals surface area contributed by atoms with E-state index >= 15 is 0 Å². The van der Waals surface area contributed by atoms with Gasteiger partial charge in [-0.25, -0.2) is 9.67 Å². The van der Waals surface area contributed by atoms with Crippen molar-refractivity contribution < 1.29 is 9.53 Å². The minimum Gasteiger partial charge on any atom is -0.368 e. The van der Waals surface area contributed by atoms with E-state index in [2.05, 4.69) is 28.8 Å². The van der Waals surface area contributed by atoms with Crippen molar-refractivity contribution >= 4 is 5.78 Å². The zero-order chi connectivity index (χ0) is 14.7. The lowest BCUT2D eigenvalue weighted by atomic mass is 10.1. The van der Waals surface area contributed by atoms with E-state index in [1.165, 1.54) is 6.33 Å². The first kappa shape index (κ1) is 15.1. The number of morpholine rings is 1. The van der Waals surface area contributed by atoms with Crippen LogP contribution in [-0.4, -0.2) is 57.3 Å². The molecule has 0 aliphatic carbocycles. The van der Waals surface area contributed by atoms with Gasteiger partial charge in [0.25, 0.3) is 0 Å². The van der Waals surface area contributed by atoms with Gasteiger partial charge in [-0.2, -0.15) is 5.10 Å². The van der Waals surface area contributed by atoms with Crippen molar-refractivity contribution in [3.8, 4) is 0 Å². The Morgan fingerprint density at radius 2 is 2.15 bits per heavy atom. The molecular weight excluding hydrogens is 256 g/mol. The summed E-state index contributed by atoms with van der Waals surface area (Å²) in [5.74, 6) is 0.806. The first-order chi connectivity index (χ1) is 9.49. The van der Waals surface area contributed by atoms with Gasteiger partial charge in [-0.15, -0.1) is 0 Å². The highest BCUT2D eigenvalue weighted by atomic mass is 16.5. The number of Topliss-reactive ketones (excluding diaryl/α,β-unsaturated/α-hetero) is 1. The summed E-state index contributed by atoms with van der Waals surface area (Å²) in [6.45, 7) is 10.5. The van der Waals surface area contributed by atoms with Crippen LogP contribution in [0.1, 0.15) is 39.6 Å². The lowest BCUT2D eigenvalue weighted by molar-refractivity contribution is -0.136. The van der Waals surface area contributed by atoms with Crippen LogP contribution in [-0.2, 0) is 16.0 Å². The first-order valence-electron chi connectivity index (χ1n) is 7.25. The number of ether oxygens (including phenoxy) is 1. The van der Waals surface area contributed by atoms with Crippen LogP contribution in [0.25, 0.3) is 0 Å². The van der Waals surface area contributed by atoms with E-state index in [1.807, 2.05) is 13.8 Å². The van der Waals surface area contributed by atoms with Crippen molar-refractivity contribution in [2.75, 3.05) is 19.7 Å². The Labute approximate surface area is 120 Å². The number of carbonyl (C=O) groups excluding carboxylic acids is 1. The fourth-order valence-electron chi connectivity index (χ4n) is 2.43. The van der Waals surface area contributed by atoms with Crippen LogP contribution < -0.4 is 0 Å². The maximum atomic E-state index is 12.4. The molecule has 2 heterocycles. The van der Waals surface area contributed by atoms with Gasteiger partial charge < -0.3 is 4.74 Å². The molecule has 2 rings (SSSR count). The molecule has 6 heteroatoms. The molecule has 0 spiro atoms. The molecule has 20 heavy (non-hydrogen) atoms. The van der Waals surface area contributed by atoms with Gasteiger partial charge in [-0.3, -0.25) is 9.69 Å². The summed E-state index contributed by atoms with van der Waals surface area (Å²) in [5, 5.41) is 4.16.